The van der Waals surface area contributed by atoms with Crippen molar-refractivity contribution in [3.63, 3.8) is 0 Å². The molecule has 1 fully saturated rings. The molecular formula is C15H31N3O. The summed E-state index contributed by atoms with van der Waals surface area (Å²) in [5, 5.41) is 6.75. The predicted molar refractivity (Wildman–Crippen MR) is 81.6 cm³/mol. The molecule has 1 rings (SSSR count). The maximum Gasteiger partial charge on any atom is 0.191 e. The molecule has 4 nitrogen and oxygen atoms in total. The highest BCUT2D eigenvalue weighted by Crippen LogP contribution is 2.48. The second-order valence-electron chi connectivity index (χ2n) is 6.52. The molecule has 0 saturated heterocycles. The van der Waals surface area contributed by atoms with E-state index in [1.165, 1.54) is 12.8 Å². The fourth-order valence-electron chi connectivity index (χ4n) is 2.01. The minimum absolute atomic E-state index is 0.0447. The van der Waals surface area contributed by atoms with Gasteiger partial charge in [-0.25, -0.2) is 0 Å². The Morgan fingerprint density at radius 1 is 1.26 bits per heavy atom. The molecule has 1 aliphatic rings. The van der Waals surface area contributed by atoms with Crippen LogP contribution < -0.4 is 10.6 Å². The molecule has 0 atom stereocenters. The van der Waals surface area contributed by atoms with E-state index in [0.29, 0.717) is 5.41 Å². The second-order valence-corrected chi connectivity index (χ2v) is 6.52. The van der Waals surface area contributed by atoms with Crippen LogP contribution in [0.1, 0.15) is 53.9 Å². The zero-order valence-corrected chi connectivity index (χ0v) is 13.3. The monoisotopic (exact) mass is 269 g/mol. The van der Waals surface area contributed by atoms with Crippen molar-refractivity contribution in [1.82, 2.24) is 10.6 Å². The van der Waals surface area contributed by atoms with Crippen LogP contribution in [-0.4, -0.2) is 37.8 Å². The number of aliphatic imine (C=N–C) groups is 1. The maximum atomic E-state index is 5.46. The normalized spacial score (nSPS) is 18.3. The average molecular weight is 269 g/mol. The van der Waals surface area contributed by atoms with Gasteiger partial charge in [0.15, 0.2) is 5.96 Å². The van der Waals surface area contributed by atoms with Gasteiger partial charge in [0.2, 0.25) is 0 Å². The summed E-state index contributed by atoms with van der Waals surface area (Å²) < 4.78 is 5.46. The highest BCUT2D eigenvalue weighted by atomic mass is 16.5. The number of hydrogen-bond donors (Lipinski definition) is 2. The molecule has 0 unspecified atom stereocenters. The Labute approximate surface area is 118 Å². The topological polar surface area (TPSA) is 45.7 Å². The van der Waals surface area contributed by atoms with Crippen LogP contribution in [0, 0.1) is 5.41 Å². The third-order valence-electron chi connectivity index (χ3n) is 3.35. The molecule has 0 aromatic rings. The summed E-state index contributed by atoms with van der Waals surface area (Å²) in [6, 6.07) is 0. The minimum Gasteiger partial charge on any atom is -0.382 e. The first kappa shape index (κ1) is 16.3. The van der Waals surface area contributed by atoms with E-state index in [9.17, 15) is 0 Å². The lowest BCUT2D eigenvalue weighted by atomic mass is 10.0. The third kappa shape index (κ3) is 6.81. The Morgan fingerprint density at radius 2 is 1.95 bits per heavy atom. The molecule has 0 amide bonds. The van der Waals surface area contributed by atoms with Crippen LogP contribution in [0.15, 0.2) is 4.99 Å². The van der Waals surface area contributed by atoms with Crippen LogP contribution in [-0.2, 0) is 4.74 Å². The van der Waals surface area contributed by atoms with E-state index in [1.54, 1.807) is 0 Å². The van der Waals surface area contributed by atoms with Crippen LogP contribution in [0.25, 0.3) is 0 Å². The number of guanidine groups is 1. The van der Waals surface area contributed by atoms with Gasteiger partial charge in [0.1, 0.15) is 0 Å². The van der Waals surface area contributed by atoms with Crippen LogP contribution in [0.2, 0.25) is 0 Å². The largest absolute Gasteiger partial charge is 0.382 e. The van der Waals surface area contributed by atoms with Gasteiger partial charge in [0.25, 0.3) is 0 Å². The van der Waals surface area contributed by atoms with Crippen molar-refractivity contribution >= 4 is 5.96 Å². The molecule has 1 aliphatic carbocycles. The summed E-state index contributed by atoms with van der Waals surface area (Å²) in [6.45, 7) is 14.1. The summed E-state index contributed by atoms with van der Waals surface area (Å²) in [4.78, 5) is 4.75. The van der Waals surface area contributed by atoms with Crippen molar-refractivity contribution in [2.45, 2.75) is 59.4 Å². The van der Waals surface area contributed by atoms with Crippen LogP contribution in [0.3, 0.4) is 0 Å². The van der Waals surface area contributed by atoms with Crippen LogP contribution >= 0.6 is 0 Å². The molecule has 0 heterocycles. The highest BCUT2D eigenvalue weighted by molar-refractivity contribution is 5.80. The van der Waals surface area contributed by atoms with Crippen LogP contribution in [0.4, 0.5) is 0 Å². The van der Waals surface area contributed by atoms with E-state index in [2.05, 4.69) is 38.3 Å². The van der Waals surface area contributed by atoms with Crippen molar-refractivity contribution in [2.75, 3.05) is 26.3 Å². The number of rotatable bonds is 7. The lowest BCUT2D eigenvalue weighted by Gasteiger charge is -2.24. The number of hydrogen-bond acceptors (Lipinski definition) is 2. The van der Waals surface area contributed by atoms with Crippen molar-refractivity contribution in [2.24, 2.45) is 10.4 Å². The summed E-state index contributed by atoms with van der Waals surface area (Å²) in [7, 11) is 0. The lowest BCUT2D eigenvalue weighted by molar-refractivity contribution is 0.129. The molecule has 0 aromatic heterocycles. The van der Waals surface area contributed by atoms with Crippen molar-refractivity contribution in [3.8, 4) is 0 Å². The molecule has 4 heteroatoms. The predicted octanol–water partition coefficient (Wildman–Crippen LogP) is 2.55. The number of nitrogens with zero attached hydrogens (tertiary/aromatic N) is 1. The first-order valence-corrected chi connectivity index (χ1v) is 7.55. The molecule has 0 bridgehead atoms. The summed E-state index contributed by atoms with van der Waals surface area (Å²) in [5.74, 6) is 0.928. The molecule has 0 spiro atoms. The van der Waals surface area contributed by atoms with E-state index < -0.39 is 0 Å². The summed E-state index contributed by atoms with van der Waals surface area (Å²) in [6.07, 6.45) is 3.72. The Hall–Kier alpha value is -0.770. The zero-order chi connectivity index (χ0) is 14.4. The Kier molecular flexibility index (Phi) is 6.11. The van der Waals surface area contributed by atoms with E-state index >= 15 is 0 Å². The fraction of sp³-hybridized carbons (Fsp3) is 0.933. The molecule has 0 radical (unpaired) electrons. The molecule has 0 aromatic carbocycles. The van der Waals surface area contributed by atoms with Gasteiger partial charge >= 0.3 is 0 Å². The molecule has 0 aliphatic heterocycles. The van der Waals surface area contributed by atoms with E-state index in [4.69, 9.17) is 9.73 Å². The van der Waals surface area contributed by atoms with E-state index in [1.807, 2.05) is 6.92 Å². The standard InChI is InChI=1S/C15H31N3O/c1-6-16-13(18-14(3,4)5)17-12-15(8-9-15)10-11-19-7-2/h6-12H2,1-5H3,(H2,16,17,18). The Balaban J connectivity index is 2.46. The van der Waals surface area contributed by atoms with Gasteiger partial charge in [-0.3, -0.25) is 4.99 Å². The summed E-state index contributed by atoms with van der Waals surface area (Å²) in [5.41, 5.74) is 0.457. The molecule has 2 N–H and O–H groups in total. The Morgan fingerprint density at radius 3 is 2.42 bits per heavy atom. The molecular weight excluding hydrogens is 238 g/mol. The van der Waals surface area contributed by atoms with Crippen molar-refractivity contribution in [1.29, 1.82) is 0 Å². The third-order valence-corrected chi connectivity index (χ3v) is 3.35. The lowest BCUT2D eigenvalue weighted by Crippen LogP contribution is -2.47. The van der Waals surface area contributed by atoms with Crippen LogP contribution in [0.5, 0.6) is 0 Å². The average Bonchev–Trinajstić information content (AvgIpc) is 3.06. The second kappa shape index (κ2) is 7.13. The van der Waals surface area contributed by atoms with Crippen molar-refractivity contribution in [3.05, 3.63) is 0 Å². The maximum absolute atomic E-state index is 5.46. The number of nitrogens with one attached hydrogen (secondary N) is 2. The molecule has 19 heavy (non-hydrogen) atoms. The van der Waals surface area contributed by atoms with Gasteiger partial charge in [-0.1, -0.05) is 0 Å². The van der Waals surface area contributed by atoms with Gasteiger partial charge in [-0.2, -0.15) is 0 Å². The minimum atomic E-state index is 0.0447. The number of ether oxygens (including phenoxy) is 1. The molecule has 1 saturated carbocycles. The quantitative estimate of drug-likeness (QED) is 0.424. The molecule has 112 valence electrons. The zero-order valence-electron chi connectivity index (χ0n) is 13.3. The van der Waals surface area contributed by atoms with Crippen molar-refractivity contribution < 1.29 is 4.74 Å². The summed E-state index contributed by atoms with van der Waals surface area (Å²) >= 11 is 0. The smallest absolute Gasteiger partial charge is 0.191 e. The first-order chi connectivity index (χ1) is 8.91. The van der Waals surface area contributed by atoms with Gasteiger partial charge in [-0.15, -0.1) is 0 Å². The van der Waals surface area contributed by atoms with E-state index in [0.717, 1.165) is 38.7 Å². The van der Waals surface area contributed by atoms with Gasteiger partial charge in [0, 0.05) is 31.8 Å². The Bertz CT molecular complexity index is 290. The van der Waals surface area contributed by atoms with E-state index in [-0.39, 0.29) is 5.54 Å². The fourth-order valence-corrected chi connectivity index (χ4v) is 2.01. The van der Waals surface area contributed by atoms with Gasteiger partial charge in [0.05, 0.1) is 0 Å². The van der Waals surface area contributed by atoms with Gasteiger partial charge < -0.3 is 15.4 Å². The SMILES string of the molecule is CCNC(=NCC1(CCOCC)CC1)NC(C)(C)C. The first-order valence-electron chi connectivity index (χ1n) is 7.55. The van der Waals surface area contributed by atoms with Gasteiger partial charge in [-0.05, 0) is 59.3 Å². The highest BCUT2D eigenvalue weighted by Gasteiger charge is 2.41.